The van der Waals surface area contributed by atoms with E-state index in [1.807, 2.05) is 30.3 Å². The molecule has 0 aromatic heterocycles. The minimum Gasteiger partial charge on any atom is -0.494 e. The SMILES string of the molecule is COc1ccc(CC2(O)Cc3ccccc3C2)cc1F. The van der Waals surface area contributed by atoms with Crippen LogP contribution in [0.3, 0.4) is 0 Å². The fraction of sp³-hybridized carbons (Fsp3) is 0.294. The molecule has 2 aromatic rings. The van der Waals surface area contributed by atoms with Crippen molar-refractivity contribution in [3.63, 3.8) is 0 Å². The van der Waals surface area contributed by atoms with E-state index in [-0.39, 0.29) is 11.6 Å². The van der Waals surface area contributed by atoms with Crippen LogP contribution in [-0.2, 0) is 19.3 Å². The fourth-order valence-corrected chi connectivity index (χ4v) is 3.00. The minimum atomic E-state index is -0.815. The molecule has 0 saturated carbocycles. The molecule has 3 rings (SSSR count). The van der Waals surface area contributed by atoms with Crippen molar-refractivity contribution >= 4 is 0 Å². The summed E-state index contributed by atoms with van der Waals surface area (Å²) in [6.45, 7) is 0. The highest BCUT2D eigenvalue weighted by atomic mass is 19.1. The molecule has 3 heteroatoms. The van der Waals surface area contributed by atoms with Crippen LogP contribution in [0.2, 0.25) is 0 Å². The first-order valence-corrected chi connectivity index (χ1v) is 6.71. The second-order valence-corrected chi connectivity index (χ2v) is 5.49. The van der Waals surface area contributed by atoms with E-state index in [1.54, 1.807) is 6.07 Å². The van der Waals surface area contributed by atoms with E-state index in [2.05, 4.69) is 0 Å². The Morgan fingerprint density at radius 2 is 1.80 bits per heavy atom. The lowest BCUT2D eigenvalue weighted by Gasteiger charge is -2.22. The number of hydrogen-bond donors (Lipinski definition) is 1. The monoisotopic (exact) mass is 272 g/mol. The van der Waals surface area contributed by atoms with Gasteiger partial charge in [0.15, 0.2) is 11.6 Å². The minimum absolute atomic E-state index is 0.232. The zero-order chi connectivity index (χ0) is 14.2. The molecular formula is C17H17FO2. The maximum absolute atomic E-state index is 13.7. The number of aliphatic hydroxyl groups is 1. The van der Waals surface area contributed by atoms with Crippen molar-refractivity contribution in [2.24, 2.45) is 0 Å². The molecule has 0 spiro atoms. The van der Waals surface area contributed by atoms with E-state index in [9.17, 15) is 9.50 Å². The van der Waals surface area contributed by atoms with E-state index >= 15 is 0 Å². The lowest BCUT2D eigenvalue weighted by molar-refractivity contribution is 0.0517. The van der Waals surface area contributed by atoms with Crippen molar-refractivity contribution in [1.82, 2.24) is 0 Å². The molecule has 2 nitrogen and oxygen atoms in total. The second kappa shape index (κ2) is 4.91. The molecule has 104 valence electrons. The Balaban J connectivity index is 1.80. The molecule has 1 aliphatic rings. The molecule has 0 unspecified atom stereocenters. The molecular weight excluding hydrogens is 255 g/mol. The molecule has 2 aromatic carbocycles. The number of ether oxygens (including phenoxy) is 1. The van der Waals surface area contributed by atoms with Crippen LogP contribution >= 0.6 is 0 Å². The first-order chi connectivity index (χ1) is 9.59. The highest BCUT2D eigenvalue weighted by Crippen LogP contribution is 2.33. The van der Waals surface area contributed by atoms with Gasteiger partial charge in [-0.2, -0.15) is 0 Å². The third-order valence-electron chi connectivity index (χ3n) is 3.91. The Morgan fingerprint density at radius 3 is 2.35 bits per heavy atom. The molecule has 0 aliphatic heterocycles. The van der Waals surface area contributed by atoms with Gasteiger partial charge < -0.3 is 9.84 Å². The molecule has 0 heterocycles. The predicted molar refractivity (Wildman–Crippen MR) is 75.5 cm³/mol. The Labute approximate surface area is 117 Å². The lowest BCUT2D eigenvalue weighted by atomic mass is 9.91. The zero-order valence-corrected chi connectivity index (χ0v) is 11.4. The smallest absolute Gasteiger partial charge is 0.165 e. The number of fused-ring (bicyclic) bond motifs is 1. The molecule has 0 bridgehead atoms. The highest BCUT2D eigenvalue weighted by molar-refractivity contribution is 5.37. The second-order valence-electron chi connectivity index (χ2n) is 5.49. The van der Waals surface area contributed by atoms with Crippen molar-refractivity contribution in [2.75, 3.05) is 7.11 Å². The standard InChI is InChI=1S/C17H17FO2/c1-20-16-7-6-12(8-15(16)18)9-17(19)10-13-4-2-3-5-14(13)11-17/h2-8,19H,9-11H2,1H3. The first kappa shape index (κ1) is 13.1. The van der Waals surface area contributed by atoms with Crippen molar-refractivity contribution in [2.45, 2.75) is 24.9 Å². The predicted octanol–water partition coefficient (Wildman–Crippen LogP) is 2.91. The van der Waals surface area contributed by atoms with Gasteiger partial charge in [-0.15, -0.1) is 0 Å². The highest BCUT2D eigenvalue weighted by Gasteiger charge is 2.35. The van der Waals surface area contributed by atoms with Crippen molar-refractivity contribution < 1.29 is 14.2 Å². The summed E-state index contributed by atoms with van der Waals surface area (Å²) in [6, 6.07) is 12.9. The summed E-state index contributed by atoms with van der Waals surface area (Å²) < 4.78 is 18.6. The number of methoxy groups -OCH3 is 1. The van der Waals surface area contributed by atoms with E-state index in [4.69, 9.17) is 4.74 Å². The van der Waals surface area contributed by atoms with Crippen LogP contribution in [0.15, 0.2) is 42.5 Å². The van der Waals surface area contributed by atoms with Gasteiger partial charge in [0.1, 0.15) is 0 Å². The summed E-state index contributed by atoms with van der Waals surface area (Å²) in [6.07, 6.45) is 1.69. The average Bonchev–Trinajstić information content (AvgIpc) is 2.74. The molecule has 20 heavy (non-hydrogen) atoms. The summed E-state index contributed by atoms with van der Waals surface area (Å²) >= 11 is 0. The number of halogens is 1. The lowest BCUT2D eigenvalue weighted by Crippen LogP contribution is -2.32. The molecule has 1 N–H and O–H groups in total. The topological polar surface area (TPSA) is 29.5 Å². The average molecular weight is 272 g/mol. The summed E-state index contributed by atoms with van der Waals surface area (Å²) in [5.41, 5.74) is 2.34. The van der Waals surface area contributed by atoms with Gasteiger partial charge in [-0.1, -0.05) is 30.3 Å². The summed E-state index contributed by atoms with van der Waals surface area (Å²) in [4.78, 5) is 0. The number of hydrogen-bond acceptors (Lipinski definition) is 2. The van der Waals surface area contributed by atoms with Gasteiger partial charge in [-0.25, -0.2) is 4.39 Å². The van der Waals surface area contributed by atoms with Crippen LogP contribution in [0.1, 0.15) is 16.7 Å². The normalized spacial score (nSPS) is 15.9. The van der Waals surface area contributed by atoms with E-state index in [0.29, 0.717) is 19.3 Å². The summed E-state index contributed by atoms with van der Waals surface area (Å²) in [5.74, 6) is -0.153. The van der Waals surface area contributed by atoms with Crippen molar-refractivity contribution in [1.29, 1.82) is 0 Å². The number of rotatable bonds is 3. The van der Waals surface area contributed by atoms with Gasteiger partial charge in [0, 0.05) is 19.3 Å². The fourth-order valence-electron chi connectivity index (χ4n) is 3.00. The Morgan fingerprint density at radius 1 is 1.15 bits per heavy atom. The zero-order valence-electron chi connectivity index (χ0n) is 11.4. The van der Waals surface area contributed by atoms with Crippen LogP contribution in [0.25, 0.3) is 0 Å². The van der Waals surface area contributed by atoms with E-state index in [1.165, 1.54) is 24.3 Å². The van der Waals surface area contributed by atoms with E-state index < -0.39 is 5.60 Å². The summed E-state index contributed by atoms with van der Waals surface area (Å²) in [7, 11) is 1.44. The van der Waals surface area contributed by atoms with Crippen molar-refractivity contribution in [3.8, 4) is 5.75 Å². The van der Waals surface area contributed by atoms with Gasteiger partial charge in [0.2, 0.25) is 0 Å². The van der Waals surface area contributed by atoms with Crippen LogP contribution in [-0.4, -0.2) is 17.8 Å². The van der Waals surface area contributed by atoms with Crippen LogP contribution in [0.4, 0.5) is 4.39 Å². The van der Waals surface area contributed by atoms with Crippen molar-refractivity contribution in [3.05, 3.63) is 65.0 Å². The summed E-state index contributed by atoms with van der Waals surface area (Å²) in [5, 5.41) is 10.7. The number of benzene rings is 2. The Bertz CT molecular complexity index is 612. The first-order valence-electron chi connectivity index (χ1n) is 6.71. The Hall–Kier alpha value is -1.87. The third-order valence-corrected chi connectivity index (χ3v) is 3.91. The molecule has 0 fully saturated rings. The largest absolute Gasteiger partial charge is 0.494 e. The quantitative estimate of drug-likeness (QED) is 0.931. The van der Waals surface area contributed by atoms with Gasteiger partial charge in [-0.3, -0.25) is 0 Å². The molecule has 0 atom stereocenters. The van der Waals surface area contributed by atoms with E-state index in [0.717, 1.165) is 5.56 Å². The molecule has 0 saturated heterocycles. The van der Waals surface area contributed by atoms with Crippen LogP contribution < -0.4 is 4.74 Å². The van der Waals surface area contributed by atoms with Crippen LogP contribution in [0, 0.1) is 5.82 Å². The third kappa shape index (κ3) is 2.41. The Kier molecular flexibility index (Phi) is 3.22. The molecule has 0 radical (unpaired) electrons. The maximum Gasteiger partial charge on any atom is 0.165 e. The van der Waals surface area contributed by atoms with Gasteiger partial charge >= 0.3 is 0 Å². The van der Waals surface area contributed by atoms with Crippen LogP contribution in [0.5, 0.6) is 5.75 Å². The van der Waals surface area contributed by atoms with Gasteiger partial charge in [-0.05, 0) is 28.8 Å². The van der Waals surface area contributed by atoms with Gasteiger partial charge in [0.25, 0.3) is 0 Å². The maximum atomic E-state index is 13.7. The van der Waals surface area contributed by atoms with Gasteiger partial charge in [0.05, 0.1) is 12.7 Å². The molecule has 0 amide bonds. The molecule has 1 aliphatic carbocycles.